The van der Waals surface area contributed by atoms with Crippen LogP contribution in [-0.4, -0.2) is 26.4 Å². The zero-order valence-corrected chi connectivity index (χ0v) is 18.6. The van der Waals surface area contributed by atoms with Gasteiger partial charge in [0.05, 0.1) is 5.75 Å². The van der Waals surface area contributed by atoms with E-state index >= 15 is 0 Å². The van der Waals surface area contributed by atoms with Crippen LogP contribution in [0.5, 0.6) is 5.75 Å². The maximum absolute atomic E-state index is 13.9. The van der Waals surface area contributed by atoms with Gasteiger partial charge in [-0.2, -0.15) is 0 Å². The normalized spacial score (nSPS) is 11.9. The van der Waals surface area contributed by atoms with Gasteiger partial charge in [-0.1, -0.05) is 27.7 Å². The number of ether oxygens (including phenoxy) is 1. The van der Waals surface area contributed by atoms with Gasteiger partial charge in [0.25, 0.3) is 0 Å². The summed E-state index contributed by atoms with van der Waals surface area (Å²) in [6.07, 6.45) is -0.622. The molecule has 0 saturated heterocycles. The smallest absolute Gasteiger partial charge is 0.234 e. The second-order valence-corrected chi connectivity index (χ2v) is 8.12. The molecular weight excluding hydrogens is 478 g/mol. The molecule has 0 bridgehead atoms. The van der Waals surface area contributed by atoms with E-state index in [0.717, 1.165) is 16.6 Å². The number of carbonyl (C=O) groups is 1. The predicted octanol–water partition coefficient (Wildman–Crippen LogP) is 5.21. The van der Waals surface area contributed by atoms with Gasteiger partial charge in [0, 0.05) is 22.8 Å². The van der Waals surface area contributed by atoms with Gasteiger partial charge in [-0.15, -0.1) is 10.2 Å². The van der Waals surface area contributed by atoms with Gasteiger partial charge in [0.15, 0.2) is 28.7 Å². The first kappa shape index (κ1) is 22.2. The molecule has 10 heteroatoms. The molecule has 3 aromatic rings. The third-order valence-corrected chi connectivity index (χ3v) is 5.58. The fourth-order valence-corrected chi connectivity index (χ4v) is 3.75. The highest BCUT2D eigenvalue weighted by atomic mass is 79.9. The summed E-state index contributed by atoms with van der Waals surface area (Å²) in [4.78, 5) is 12.2. The molecule has 0 aliphatic rings. The van der Waals surface area contributed by atoms with Crippen molar-refractivity contribution in [3.05, 3.63) is 64.4 Å². The molecule has 1 atom stereocenters. The quantitative estimate of drug-likeness (QED) is 0.433. The average molecular weight is 497 g/mol. The number of nitrogens with zero attached hydrogens (tertiary/aromatic N) is 3. The third kappa shape index (κ3) is 5.57. The van der Waals surface area contributed by atoms with Crippen molar-refractivity contribution in [2.75, 3.05) is 11.1 Å². The molecule has 158 valence electrons. The molecule has 0 fully saturated rings. The summed E-state index contributed by atoms with van der Waals surface area (Å²) in [5.74, 6) is -1.08. The number of hydrogen-bond donors (Lipinski definition) is 1. The van der Waals surface area contributed by atoms with Gasteiger partial charge >= 0.3 is 0 Å². The van der Waals surface area contributed by atoms with E-state index in [4.69, 9.17) is 4.74 Å². The number of carbonyl (C=O) groups excluding carboxylic acids is 1. The molecule has 1 aromatic heterocycles. The lowest BCUT2D eigenvalue weighted by Crippen LogP contribution is -2.15. The summed E-state index contributed by atoms with van der Waals surface area (Å²) in [5.41, 5.74) is 0.699. The number of rotatable bonds is 8. The van der Waals surface area contributed by atoms with E-state index < -0.39 is 17.7 Å². The molecule has 3 rings (SSSR count). The van der Waals surface area contributed by atoms with Crippen molar-refractivity contribution in [2.24, 2.45) is 0 Å². The predicted molar refractivity (Wildman–Crippen MR) is 115 cm³/mol. The number of benzene rings is 2. The molecule has 0 aliphatic carbocycles. The lowest BCUT2D eigenvalue weighted by Gasteiger charge is -2.16. The van der Waals surface area contributed by atoms with Crippen LogP contribution in [0.25, 0.3) is 0 Å². The van der Waals surface area contributed by atoms with Crippen molar-refractivity contribution in [3.63, 3.8) is 0 Å². The summed E-state index contributed by atoms with van der Waals surface area (Å²) in [6, 6.07) is 10.4. The highest BCUT2D eigenvalue weighted by molar-refractivity contribution is 9.10. The first-order valence-corrected chi connectivity index (χ1v) is 10.9. The van der Waals surface area contributed by atoms with E-state index in [9.17, 15) is 13.6 Å². The van der Waals surface area contributed by atoms with Crippen molar-refractivity contribution in [1.82, 2.24) is 14.8 Å². The zero-order valence-electron chi connectivity index (χ0n) is 16.2. The van der Waals surface area contributed by atoms with Crippen molar-refractivity contribution < 1.29 is 18.3 Å². The van der Waals surface area contributed by atoms with Crippen LogP contribution in [0.2, 0.25) is 0 Å². The van der Waals surface area contributed by atoms with Gasteiger partial charge in [0.2, 0.25) is 5.91 Å². The van der Waals surface area contributed by atoms with Crippen LogP contribution < -0.4 is 10.1 Å². The molecular formula is C20H19BrF2N4O2S. The SMILES string of the molecule is CCn1c(SCC(=O)Nc2ccc(Br)cc2)nnc1C(C)Oc1ccc(F)cc1F. The monoisotopic (exact) mass is 496 g/mol. The van der Waals surface area contributed by atoms with Crippen LogP contribution in [0.15, 0.2) is 52.1 Å². The summed E-state index contributed by atoms with van der Waals surface area (Å²) in [7, 11) is 0. The Labute approximate surface area is 185 Å². The van der Waals surface area contributed by atoms with Crippen LogP contribution in [-0.2, 0) is 11.3 Å². The van der Waals surface area contributed by atoms with Crippen LogP contribution in [0.3, 0.4) is 0 Å². The Morgan fingerprint density at radius 2 is 1.97 bits per heavy atom. The van der Waals surface area contributed by atoms with Crippen LogP contribution in [0.1, 0.15) is 25.8 Å². The maximum Gasteiger partial charge on any atom is 0.234 e. The minimum Gasteiger partial charge on any atom is -0.480 e. The van der Waals surface area contributed by atoms with Crippen molar-refractivity contribution in [1.29, 1.82) is 0 Å². The highest BCUT2D eigenvalue weighted by Gasteiger charge is 2.20. The number of hydrogen-bond acceptors (Lipinski definition) is 5. The zero-order chi connectivity index (χ0) is 21.7. The Hall–Kier alpha value is -2.46. The molecule has 0 aliphatic heterocycles. The molecule has 2 aromatic carbocycles. The Balaban J connectivity index is 1.64. The number of anilines is 1. The van der Waals surface area contributed by atoms with Crippen molar-refractivity contribution in [2.45, 2.75) is 31.7 Å². The molecule has 0 saturated carbocycles. The van der Waals surface area contributed by atoms with Gasteiger partial charge < -0.3 is 14.6 Å². The molecule has 1 amide bonds. The fraction of sp³-hybridized carbons (Fsp3) is 0.250. The number of halogens is 3. The average Bonchev–Trinajstić information content (AvgIpc) is 3.13. The van der Waals surface area contributed by atoms with E-state index in [1.165, 1.54) is 17.8 Å². The van der Waals surface area contributed by atoms with E-state index in [-0.39, 0.29) is 17.4 Å². The van der Waals surface area contributed by atoms with Crippen molar-refractivity contribution in [3.8, 4) is 5.75 Å². The van der Waals surface area contributed by atoms with Crippen LogP contribution >= 0.6 is 27.7 Å². The van der Waals surface area contributed by atoms with E-state index in [1.54, 1.807) is 23.6 Å². The molecule has 6 nitrogen and oxygen atoms in total. The lowest BCUT2D eigenvalue weighted by molar-refractivity contribution is -0.113. The van der Waals surface area contributed by atoms with E-state index in [2.05, 4.69) is 31.4 Å². The molecule has 1 heterocycles. The molecule has 30 heavy (non-hydrogen) atoms. The summed E-state index contributed by atoms with van der Waals surface area (Å²) in [6.45, 7) is 4.15. The maximum atomic E-state index is 13.9. The molecule has 0 radical (unpaired) electrons. The number of amides is 1. The topological polar surface area (TPSA) is 69.0 Å². The second kappa shape index (κ2) is 10.0. The first-order valence-electron chi connectivity index (χ1n) is 9.10. The number of thioether (sulfide) groups is 1. The summed E-state index contributed by atoms with van der Waals surface area (Å²) in [5, 5.41) is 11.6. The molecule has 1 N–H and O–H groups in total. The summed E-state index contributed by atoms with van der Waals surface area (Å²) < 4.78 is 35.3. The fourth-order valence-electron chi connectivity index (χ4n) is 2.68. The van der Waals surface area contributed by atoms with Gasteiger partial charge in [-0.3, -0.25) is 4.79 Å². The van der Waals surface area contributed by atoms with Gasteiger partial charge in [0.1, 0.15) is 5.82 Å². The minimum absolute atomic E-state index is 0.0716. The standard InChI is InChI=1S/C20H19BrF2N4O2S/c1-3-27-19(12(2)29-17-9-6-14(22)10-16(17)23)25-26-20(27)30-11-18(28)24-15-7-4-13(21)5-8-15/h4-10,12H,3,11H2,1-2H3,(H,24,28). The highest BCUT2D eigenvalue weighted by Crippen LogP contribution is 2.27. The van der Waals surface area contributed by atoms with Crippen LogP contribution in [0.4, 0.5) is 14.5 Å². The van der Waals surface area contributed by atoms with E-state index in [1.807, 2.05) is 19.1 Å². The Morgan fingerprint density at radius 3 is 2.63 bits per heavy atom. The third-order valence-electron chi connectivity index (χ3n) is 4.08. The number of aromatic nitrogens is 3. The molecule has 0 spiro atoms. The lowest BCUT2D eigenvalue weighted by atomic mass is 10.3. The molecule has 1 unspecified atom stereocenters. The minimum atomic E-state index is -0.788. The Bertz CT molecular complexity index is 1030. The summed E-state index contributed by atoms with van der Waals surface area (Å²) >= 11 is 4.59. The van der Waals surface area contributed by atoms with Crippen LogP contribution in [0, 0.1) is 11.6 Å². The first-order chi connectivity index (χ1) is 14.4. The van der Waals surface area contributed by atoms with E-state index in [0.29, 0.717) is 23.2 Å². The Morgan fingerprint density at radius 1 is 1.23 bits per heavy atom. The number of nitrogens with one attached hydrogen (secondary N) is 1. The second-order valence-electron chi connectivity index (χ2n) is 6.26. The van der Waals surface area contributed by atoms with Gasteiger partial charge in [-0.25, -0.2) is 8.78 Å². The van der Waals surface area contributed by atoms with Gasteiger partial charge in [-0.05, 0) is 50.2 Å². The van der Waals surface area contributed by atoms with Crippen molar-refractivity contribution >= 4 is 39.3 Å². The Kier molecular flexibility index (Phi) is 7.43. The largest absolute Gasteiger partial charge is 0.480 e.